The van der Waals surface area contributed by atoms with E-state index in [9.17, 15) is 9.59 Å². The first kappa shape index (κ1) is 15.2. The van der Waals surface area contributed by atoms with Crippen LogP contribution in [0.2, 0.25) is 0 Å². The zero-order chi connectivity index (χ0) is 15.5. The number of carbonyl (C=O) groups excluding carboxylic acids is 2. The van der Waals surface area contributed by atoms with E-state index in [1.807, 2.05) is 20.8 Å². The number of ether oxygens (including phenoxy) is 1. The van der Waals surface area contributed by atoms with Crippen molar-refractivity contribution in [2.24, 2.45) is 0 Å². The van der Waals surface area contributed by atoms with E-state index in [-0.39, 0.29) is 17.8 Å². The lowest BCUT2D eigenvalue weighted by Crippen LogP contribution is -2.51. The van der Waals surface area contributed by atoms with Crippen LogP contribution in [0.4, 0.5) is 4.79 Å². The van der Waals surface area contributed by atoms with E-state index in [1.165, 1.54) is 12.4 Å². The molecule has 0 aliphatic carbocycles. The average Bonchev–Trinajstić information content (AvgIpc) is 2.46. The van der Waals surface area contributed by atoms with E-state index < -0.39 is 5.60 Å². The third-order valence-corrected chi connectivity index (χ3v) is 2.98. The first-order valence-corrected chi connectivity index (χ1v) is 6.91. The monoisotopic (exact) mass is 292 g/mol. The van der Waals surface area contributed by atoms with E-state index in [2.05, 4.69) is 9.97 Å². The maximum absolute atomic E-state index is 12.2. The number of hydrogen-bond acceptors (Lipinski definition) is 5. The number of amides is 2. The Morgan fingerprint density at radius 3 is 2.10 bits per heavy atom. The summed E-state index contributed by atoms with van der Waals surface area (Å²) in [6.07, 6.45) is 2.74. The van der Waals surface area contributed by atoms with E-state index in [0.717, 1.165) is 0 Å². The van der Waals surface area contributed by atoms with E-state index in [4.69, 9.17) is 4.74 Å². The standard InChI is InChI=1S/C14H20N4O3/c1-14(2,3)21-13(20)18-9-7-17(8-10-18)12(19)11-15-5-4-6-16-11/h4-6H,7-10H2,1-3H3. The van der Waals surface area contributed by atoms with Gasteiger partial charge in [-0.1, -0.05) is 0 Å². The van der Waals surface area contributed by atoms with Crippen LogP contribution in [0, 0.1) is 0 Å². The molecule has 21 heavy (non-hydrogen) atoms. The summed E-state index contributed by atoms with van der Waals surface area (Å²) in [4.78, 5) is 35.3. The molecule has 1 saturated heterocycles. The Labute approximate surface area is 123 Å². The van der Waals surface area contributed by atoms with Gasteiger partial charge in [0.25, 0.3) is 5.91 Å². The second-order valence-electron chi connectivity index (χ2n) is 5.83. The summed E-state index contributed by atoms with van der Waals surface area (Å²) in [5.41, 5.74) is -0.512. The molecule has 0 saturated carbocycles. The molecule has 0 bridgehead atoms. The molecule has 2 amide bonds. The first-order chi connectivity index (χ1) is 9.87. The smallest absolute Gasteiger partial charge is 0.410 e. The van der Waals surface area contributed by atoms with Crippen molar-refractivity contribution in [2.45, 2.75) is 26.4 Å². The maximum atomic E-state index is 12.2. The Bertz CT molecular complexity index is 505. The predicted octanol–water partition coefficient (Wildman–Crippen LogP) is 1.17. The largest absolute Gasteiger partial charge is 0.444 e. The Morgan fingerprint density at radius 2 is 1.57 bits per heavy atom. The van der Waals surface area contributed by atoms with Crippen molar-refractivity contribution in [3.05, 3.63) is 24.3 Å². The summed E-state index contributed by atoms with van der Waals surface area (Å²) >= 11 is 0. The van der Waals surface area contributed by atoms with Crippen LogP contribution in [-0.2, 0) is 4.74 Å². The highest BCUT2D eigenvalue weighted by molar-refractivity contribution is 5.90. The van der Waals surface area contributed by atoms with Gasteiger partial charge in [0, 0.05) is 38.6 Å². The molecule has 0 atom stereocenters. The Hall–Kier alpha value is -2.18. The van der Waals surface area contributed by atoms with Crippen LogP contribution in [0.3, 0.4) is 0 Å². The van der Waals surface area contributed by atoms with E-state index in [0.29, 0.717) is 26.2 Å². The SMILES string of the molecule is CC(C)(C)OC(=O)N1CCN(C(=O)c2ncccn2)CC1. The third-order valence-electron chi connectivity index (χ3n) is 2.98. The molecular formula is C14H20N4O3. The molecule has 0 unspecified atom stereocenters. The number of nitrogens with zero attached hydrogens (tertiary/aromatic N) is 4. The summed E-state index contributed by atoms with van der Waals surface area (Å²) in [6, 6.07) is 1.66. The number of carbonyl (C=O) groups is 2. The fraction of sp³-hybridized carbons (Fsp3) is 0.571. The summed E-state index contributed by atoms with van der Waals surface area (Å²) < 4.78 is 5.32. The van der Waals surface area contributed by atoms with Gasteiger partial charge in [-0.15, -0.1) is 0 Å². The van der Waals surface area contributed by atoms with Crippen molar-refractivity contribution < 1.29 is 14.3 Å². The Morgan fingerprint density at radius 1 is 1.05 bits per heavy atom. The fourth-order valence-corrected chi connectivity index (χ4v) is 1.97. The van der Waals surface area contributed by atoms with Gasteiger partial charge in [-0.2, -0.15) is 0 Å². The average molecular weight is 292 g/mol. The minimum atomic E-state index is -0.512. The molecule has 1 aliphatic rings. The summed E-state index contributed by atoms with van der Waals surface area (Å²) in [6.45, 7) is 7.31. The van der Waals surface area contributed by atoms with Gasteiger partial charge in [0.2, 0.25) is 5.82 Å². The van der Waals surface area contributed by atoms with Crippen LogP contribution in [0.5, 0.6) is 0 Å². The number of rotatable bonds is 1. The third kappa shape index (κ3) is 4.14. The van der Waals surface area contributed by atoms with Gasteiger partial charge < -0.3 is 14.5 Å². The quantitative estimate of drug-likeness (QED) is 0.776. The lowest BCUT2D eigenvalue weighted by atomic mass is 10.2. The van der Waals surface area contributed by atoms with Gasteiger partial charge in [-0.05, 0) is 26.8 Å². The number of aromatic nitrogens is 2. The molecule has 1 aliphatic heterocycles. The normalized spacial score (nSPS) is 15.8. The zero-order valence-electron chi connectivity index (χ0n) is 12.6. The summed E-state index contributed by atoms with van der Waals surface area (Å²) in [7, 11) is 0. The molecule has 0 radical (unpaired) electrons. The van der Waals surface area contributed by atoms with Crippen LogP contribution >= 0.6 is 0 Å². The number of piperazine rings is 1. The second-order valence-corrected chi connectivity index (χ2v) is 5.83. The molecule has 0 N–H and O–H groups in total. The molecule has 114 valence electrons. The van der Waals surface area contributed by atoms with Crippen molar-refractivity contribution in [2.75, 3.05) is 26.2 Å². The van der Waals surface area contributed by atoms with Crippen molar-refractivity contribution in [1.29, 1.82) is 0 Å². The highest BCUT2D eigenvalue weighted by Crippen LogP contribution is 2.12. The molecule has 7 heteroatoms. The topological polar surface area (TPSA) is 75.6 Å². The van der Waals surface area contributed by atoms with Gasteiger partial charge in [0.1, 0.15) is 5.60 Å². The van der Waals surface area contributed by atoms with E-state index >= 15 is 0 Å². The molecule has 0 aromatic carbocycles. The highest BCUT2D eigenvalue weighted by Gasteiger charge is 2.28. The van der Waals surface area contributed by atoms with Gasteiger partial charge >= 0.3 is 6.09 Å². The van der Waals surface area contributed by atoms with Crippen LogP contribution < -0.4 is 0 Å². The summed E-state index contributed by atoms with van der Waals surface area (Å²) in [5.74, 6) is -0.0253. The molecule has 1 aromatic heterocycles. The van der Waals surface area contributed by atoms with Gasteiger partial charge in [0.05, 0.1) is 0 Å². The Kier molecular flexibility index (Phi) is 4.40. The lowest BCUT2D eigenvalue weighted by molar-refractivity contribution is 0.0139. The van der Waals surface area contributed by atoms with Crippen LogP contribution in [0.15, 0.2) is 18.5 Å². The van der Waals surface area contributed by atoms with E-state index in [1.54, 1.807) is 15.9 Å². The predicted molar refractivity (Wildman–Crippen MR) is 75.7 cm³/mol. The molecule has 2 heterocycles. The second kappa shape index (κ2) is 6.07. The molecule has 1 fully saturated rings. The van der Waals surface area contributed by atoms with Gasteiger partial charge in [-0.3, -0.25) is 4.79 Å². The summed E-state index contributed by atoms with van der Waals surface area (Å²) in [5, 5.41) is 0. The van der Waals surface area contributed by atoms with Gasteiger partial charge in [0.15, 0.2) is 0 Å². The molecule has 0 spiro atoms. The minimum Gasteiger partial charge on any atom is -0.444 e. The Balaban J connectivity index is 1.89. The molecule has 7 nitrogen and oxygen atoms in total. The number of hydrogen-bond donors (Lipinski definition) is 0. The zero-order valence-corrected chi connectivity index (χ0v) is 12.6. The van der Waals surface area contributed by atoms with Crippen molar-refractivity contribution in [1.82, 2.24) is 19.8 Å². The fourth-order valence-electron chi connectivity index (χ4n) is 1.97. The van der Waals surface area contributed by atoms with Crippen LogP contribution in [-0.4, -0.2) is 63.5 Å². The van der Waals surface area contributed by atoms with Gasteiger partial charge in [-0.25, -0.2) is 14.8 Å². The maximum Gasteiger partial charge on any atom is 0.410 e. The van der Waals surface area contributed by atoms with Crippen LogP contribution in [0.1, 0.15) is 31.4 Å². The first-order valence-electron chi connectivity index (χ1n) is 6.91. The lowest BCUT2D eigenvalue weighted by Gasteiger charge is -2.35. The minimum absolute atomic E-state index is 0.184. The van der Waals surface area contributed by atoms with Crippen LogP contribution in [0.25, 0.3) is 0 Å². The molecular weight excluding hydrogens is 272 g/mol. The van der Waals surface area contributed by atoms with Crippen molar-refractivity contribution >= 4 is 12.0 Å². The molecule has 1 aromatic rings. The highest BCUT2D eigenvalue weighted by atomic mass is 16.6. The molecule has 2 rings (SSSR count). The van der Waals surface area contributed by atoms with Crippen molar-refractivity contribution in [3.63, 3.8) is 0 Å². The van der Waals surface area contributed by atoms with Crippen molar-refractivity contribution in [3.8, 4) is 0 Å².